The quantitative estimate of drug-likeness (QED) is 0.774. The summed E-state index contributed by atoms with van der Waals surface area (Å²) in [4.78, 5) is 28.9. The minimum atomic E-state index is -0.258. The summed E-state index contributed by atoms with van der Waals surface area (Å²) < 4.78 is 1.27. The molecule has 0 spiro atoms. The van der Waals surface area contributed by atoms with Gasteiger partial charge in [-0.05, 0) is 13.8 Å². The molecule has 2 aromatic heterocycles. The van der Waals surface area contributed by atoms with E-state index in [-0.39, 0.29) is 17.5 Å². The van der Waals surface area contributed by atoms with Crippen LogP contribution >= 0.6 is 0 Å². The van der Waals surface area contributed by atoms with Crippen molar-refractivity contribution in [2.45, 2.75) is 19.9 Å². The number of aromatic amines is 1. The van der Waals surface area contributed by atoms with E-state index >= 15 is 0 Å². The fraction of sp³-hybridized carbons (Fsp3) is 0.188. The zero-order valence-corrected chi connectivity index (χ0v) is 12.3. The predicted octanol–water partition coefficient (Wildman–Crippen LogP) is 1.83. The number of rotatable bonds is 3. The normalized spacial score (nSPS) is 11.0. The van der Waals surface area contributed by atoms with E-state index in [9.17, 15) is 9.59 Å². The van der Waals surface area contributed by atoms with Crippen LogP contribution in [-0.4, -0.2) is 26.5 Å². The minimum absolute atomic E-state index is 0.00600. The molecule has 0 radical (unpaired) electrons. The molecule has 1 aromatic carbocycles. The molecule has 0 aliphatic heterocycles. The van der Waals surface area contributed by atoms with Gasteiger partial charge >= 0.3 is 0 Å². The van der Waals surface area contributed by atoms with Crippen LogP contribution in [0.15, 0.2) is 47.4 Å². The van der Waals surface area contributed by atoms with Gasteiger partial charge in [0.25, 0.3) is 11.5 Å². The van der Waals surface area contributed by atoms with Gasteiger partial charge in [-0.25, -0.2) is 9.50 Å². The first-order valence-corrected chi connectivity index (χ1v) is 7.04. The second-order valence-corrected chi connectivity index (χ2v) is 5.32. The van der Waals surface area contributed by atoms with Gasteiger partial charge in [-0.2, -0.15) is 0 Å². The monoisotopic (exact) mass is 296 g/mol. The molecular weight excluding hydrogens is 280 g/mol. The van der Waals surface area contributed by atoms with Gasteiger partial charge in [0, 0.05) is 23.9 Å². The Kier molecular flexibility index (Phi) is 3.50. The smallest absolute Gasteiger partial charge is 0.273 e. The molecule has 0 saturated heterocycles. The second kappa shape index (κ2) is 5.48. The van der Waals surface area contributed by atoms with Crippen molar-refractivity contribution < 1.29 is 4.79 Å². The first kappa shape index (κ1) is 14.1. The third-order valence-corrected chi connectivity index (χ3v) is 3.23. The van der Waals surface area contributed by atoms with Crippen molar-refractivity contribution in [3.8, 4) is 11.3 Å². The molecule has 0 aliphatic rings. The van der Waals surface area contributed by atoms with E-state index in [2.05, 4.69) is 15.4 Å². The topological polar surface area (TPSA) is 79.3 Å². The highest BCUT2D eigenvalue weighted by atomic mass is 16.2. The van der Waals surface area contributed by atoms with Crippen molar-refractivity contribution in [3.63, 3.8) is 0 Å². The lowest BCUT2D eigenvalue weighted by molar-refractivity contribution is 0.0944. The van der Waals surface area contributed by atoms with Crippen LogP contribution in [0.3, 0.4) is 0 Å². The largest absolute Gasteiger partial charge is 0.350 e. The third-order valence-electron chi connectivity index (χ3n) is 3.23. The van der Waals surface area contributed by atoms with Crippen molar-refractivity contribution in [2.75, 3.05) is 0 Å². The fourth-order valence-corrected chi connectivity index (χ4v) is 2.25. The van der Waals surface area contributed by atoms with Gasteiger partial charge in [-0.1, -0.05) is 30.3 Å². The highest BCUT2D eigenvalue weighted by Gasteiger charge is 2.16. The molecule has 0 saturated carbocycles. The molecule has 3 aromatic rings. The van der Waals surface area contributed by atoms with Crippen LogP contribution in [0, 0.1) is 0 Å². The lowest BCUT2D eigenvalue weighted by Gasteiger charge is -2.07. The third kappa shape index (κ3) is 2.50. The molecule has 0 unspecified atom stereocenters. The van der Waals surface area contributed by atoms with E-state index in [4.69, 9.17) is 0 Å². The molecule has 1 amide bonds. The Bertz CT molecular complexity index is 878. The molecule has 0 aliphatic carbocycles. The number of aromatic nitrogens is 3. The number of nitrogens with one attached hydrogen (secondary N) is 2. The van der Waals surface area contributed by atoms with E-state index in [1.54, 1.807) is 0 Å². The highest BCUT2D eigenvalue weighted by molar-refractivity contribution is 5.99. The number of fused-ring (bicyclic) bond motifs is 1. The molecule has 2 N–H and O–H groups in total. The van der Waals surface area contributed by atoms with Crippen LogP contribution in [0.25, 0.3) is 16.9 Å². The summed E-state index contributed by atoms with van der Waals surface area (Å²) in [5.41, 5.74) is 1.79. The summed E-state index contributed by atoms with van der Waals surface area (Å²) in [6, 6.07) is 10.9. The molecule has 6 nitrogen and oxygen atoms in total. The van der Waals surface area contributed by atoms with Crippen molar-refractivity contribution in [1.29, 1.82) is 0 Å². The molecular formula is C16H16N4O2. The van der Waals surface area contributed by atoms with Gasteiger partial charge in [-0.15, -0.1) is 0 Å². The molecule has 0 fully saturated rings. The SMILES string of the molecule is CC(C)NC(=O)c1c[nH]n2c(=O)cc(-c3ccccc3)nc12. The average Bonchev–Trinajstić information content (AvgIpc) is 2.92. The predicted molar refractivity (Wildman–Crippen MR) is 83.9 cm³/mol. The van der Waals surface area contributed by atoms with E-state index in [1.807, 2.05) is 44.2 Å². The molecule has 3 rings (SSSR count). The Morgan fingerprint density at radius 2 is 2.00 bits per heavy atom. The fourth-order valence-electron chi connectivity index (χ4n) is 2.25. The van der Waals surface area contributed by atoms with Crippen molar-refractivity contribution >= 4 is 11.6 Å². The Labute approximate surface area is 126 Å². The maximum absolute atomic E-state index is 12.2. The van der Waals surface area contributed by atoms with E-state index < -0.39 is 0 Å². The number of amides is 1. The van der Waals surface area contributed by atoms with Crippen LogP contribution in [0.4, 0.5) is 0 Å². The van der Waals surface area contributed by atoms with Gasteiger partial charge in [-0.3, -0.25) is 14.7 Å². The molecule has 6 heteroatoms. The number of H-pyrrole nitrogens is 1. The van der Waals surface area contributed by atoms with Crippen LogP contribution < -0.4 is 10.9 Å². The zero-order valence-electron chi connectivity index (χ0n) is 12.3. The summed E-state index contributed by atoms with van der Waals surface area (Å²) >= 11 is 0. The summed E-state index contributed by atoms with van der Waals surface area (Å²) in [6.07, 6.45) is 1.50. The van der Waals surface area contributed by atoms with Gasteiger partial charge in [0.2, 0.25) is 0 Å². The average molecular weight is 296 g/mol. The van der Waals surface area contributed by atoms with Crippen molar-refractivity contribution in [3.05, 3.63) is 58.5 Å². The number of hydrogen-bond donors (Lipinski definition) is 2. The molecule has 0 bridgehead atoms. The first-order chi connectivity index (χ1) is 10.6. The lowest BCUT2D eigenvalue weighted by atomic mass is 10.1. The molecule has 2 heterocycles. The Hall–Kier alpha value is -2.89. The Morgan fingerprint density at radius 1 is 1.27 bits per heavy atom. The van der Waals surface area contributed by atoms with Gasteiger partial charge in [0.1, 0.15) is 5.56 Å². The Morgan fingerprint density at radius 3 is 2.68 bits per heavy atom. The van der Waals surface area contributed by atoms with Crippen LogP contribution in [0.2, 0.25) is 0 Å². The molecule has 112 valence electrons. The highest BCUT2D eigenvalue weighted by Crippen LogP contribution is 2.16. The summed E-state index contributed by atoms with van der Waals surface area (Å²) in [5, 5.41) is 5.57. The number of hydrogen-bond acceptors (Lipinski definition) is 3. The van der Waals surface area contributed by atoms with Crippen LogP contribution in [0.5, 0.6) is 0 Å². The second-order valence-electron chi connectivity index (χ2n) is 5.32. The summed E-state index contributed by atoms with van der Waals surface area (Å²) in [6.45, 7) is 3.75. The molecule has 0 atom stereocenters. The summed E-state index contributed by atoms with van der Waals surface area (Å²) in [5.74, 6) is -0.258. The van der Waals surface area contributed by atoms with Crippen LogP contribution in [-0.2, 0) is 0 Å². The van der Waals surface area contributed by atoms with Crippen molar-refractivity contribution in [1.82, 2.24) is 19.9 Å². The lowest BCUT2D eigenvalue weighted by Crippen LogP contribution is -2.30. The van der Waals surface area contributed by atoms with E-state index in [1.165, 1.54) is 16.8 Å². The van der Waals surface area contributed by atoms with Crippen molar-refractivity contribution in [2.24, 2.45) is 0 Å². The van der Waals surface area contributed by atoms with E-state index in [0.29, 0.717) is 16.9 Å². The Balaban J connectivity index is 2.16. The van der Waals surface area contributed by atoms with Crippen LogP contribution in [0.1, 0.15) is 24.2 Å². The molecule has 22 heavy (non-hydrogen) atoms. The standard InChI is InChI=1S/C16H16N4O2/c1-10(2)18-16(22)12-9-17-20-14(21)8-13(19-15(12)20)11-6-4-3-5-7-11/h3-10,17H,1-2H3,(H,18,22). The first-order valence-electron chi connectivity index (χ1n) is 7.04. The minimum Gasteiger partial charge on any atom is -0.350 e. The number of carbonyl (C=O) groups is 1. The van der Waals surface area contributed by atoms with Gasteiger partial charge in [0.15, 0.2) is 5.65 Å². The van der Waals surface area contributed by atoms with E-state index in [0.717, 1.165) is 5.56 Å². The van der Waals surface area contributed by atoms with Gasteiger partial charge < -0.3 is 5.32 Å². The number of benzene rings is 1. The number of nitrogens with zero attached hydrogens (tertiary/aromatic N) is 2. The summed E-state index contributed by atoms with van der Waals surface area (Å²) in [7, 11) is 0. The maximum Gasteiger partial charge on any atom is 0.273 e. The zero-order chi connectivity index (χ0) is 15.7. The van der Waals surface area contributed by atoms with Gasteiger partial charge in [0.05, 0.1) is 5.69 Å². The number of carbonyl (C=O) groups excluding carboxylic acids is 1. The maximum atomic E-state index is 12.2.